The first-order chi connectivity index (χ1) is 8.83. The molecular weight excluding hydrogens is 224 g/mol. The summed E-state index contributed by atoms with van der Waals surface area (Å²) in [7, 11) is 0. The number of benzene rings is 1. The van der Waals surface area contributed by atoms with E-state index in [1.54, 1.807) is 0 Å². The molecule has 1 fully saturated rings. The van der Waals surface area contributed by atoms with Gasteiger partial charge in [0.25, 0.3) is 5.91 Å². The minimum atomic E-state index is 0.0732. The Kier molecular flexibility index (Phi) is 3.33. The minimum absolute atomic E-state index is 0.0732. The smallest absolute Gasteiger partial charge is 0.251 e. The molecule has 2 N–H and O–H groups in total. The molecule has 1 amide bonds. The molecule has 3 rings (SSSR count). The predicted octanol–water partition coefficient (Wildman–Crippen LogP) is 1.86. The van der Waals surface area contributed by atoms with E-state index in [0.717, 1.165) is 44.0 Å². The molecule has 2 aliphatic rings. The highest BCUT2D eigenvalue weighted by Gasteiger charge is 2.20. The van der Waals surface area contributed by atoms with Crippen LogP contribution in [0.3, 0.4) is 0 Å². The van der Waals surface area contributed by atoms with E-state index in [-0.39, 0.29) is 5.91 Å². The van der Waals surface area contributed by atoms with Crippen LogP contribution in [0.25, 0.3) is 0 Å². The van der Waals surface area contributed by atoms with E-state index in [2.05, 4.69) is 16.7 Å². The first kappa shape index (κ1) is 11.7. The van der Waals surface area contributed by atoms with Gasteiger partial charge in [0.2, 0.25) is 0 Å². The lowest BCUT2D eigenvalue weighted by Gasteiger charge is -2.17. The first-order valence-corrected chi connectivity index (χ1v) is 6.93. The van der Waals surface area contributed by atoms with Gasteiger partial charge in [0.15, 0.2) is 0 Å². The fraction of sp³-hybridized carbons (Fsp3) is 0.533. The van der Waals surface area contributed by atoms with E-state index in [9.17, 15) is 4.79 Å². The highest BCUT2D eigenvalue weighted by Crippen LogP contribution is 2.31. The minimum Gasteiger partial charge on any atom is -0.352 e. The van der Waals surface area contributed by atoms with Gasteiger partial charge in [-0.15, -0.1) is 0 Å². The van der Waals surface area contributed by atoms with E-state index in [4.69, 9.17) is 0 Å². The van der Waals surface area contributed by atoms with Crippen molar-refractivity contribution in [2.75, 3.05) is 13.1 Å². The summed E-state index contributed by atoms with van der Waals surface area (Å²) < 4.78 is 0. The average Bonchev–Trinajstić information content (AvgIpc) is 3.22. The van der Waals surface area contributed by atoms with Crippen molar-refractivity contribution in [3.8, 4) is 0 Å². The van der Waals surface area contributed by atoms with Gasteiger partial charge in [0.1, 0.15) is 0 Å². The van der Waals surface area contributed by atoms with Crippen molar-refractivity contribution in [2.24, 2.45) is 5.92 Å². The summed E-state index contributed by atoms with van der Waals surface area (Å²) in [6, 6.07) is 6.09. The number of carbonyl (C=O) groups excluding carboxylic acids is 1. The lowest BCUT2D eigenvalue weighted by Crippen LogP contribution is -2.27. The Morgan fingerprint density at radius 1 is 1.33 bits per heavy atom. The van der Waals surface area contributed by atoms with Gasteiger partial charge in [-0.25, -0.2) is 0 Å². The van der Waals surface area contributed by atoms with Gasteiger partial charge in [-0.1, -0.05) is 18.9 Å². The van der Waals surface area contributed by atoms with Crippen molar-refractivity contribution >= 4 is 5.91 Å². The molecule has 1 heterocycles. The normalized spacial score (nSPS) is 18.2. The number of hydrogen-bond donors (Lipinski definition) is 2. The van der Waals surface area contributed by atoms with E-state index < -0.39 is 0 Å². The number of rotatable bonds is 4. The number of carbonyl (C=O) groups is 1. The summed E-state index contributed by atoms with van der Waals surface area (Å²) in [4.78, 5) is 12.0. The van der Waals surface area contributed by atoms with Gasteiger partial charge in [-0.3, -0.25) is 4.79 Å². The van der Waals surface area contributed by atoms with Crippen molar-refractivity contribution in [1.82, 2.24) is 10.6 Å². The summed E-state index contributed by atoms with van der Waals surface area (Å²) in [5, 5.41) is 6.36. The maximum absolute atomic E-state index is 12.0. The largest absolute Gasteiger partial charge is 0.352 e. The van der Waals surface area contributed by atoms with Crippen LogP contribution >= 0.6 is 0 Å². The highest BCUT2D eigenvalue weighted by atomic mass is 16.1. The van der Waals surface area contributed by atoms with Crippen LogP contribution < -0.4 is 10.6 Å². The van der Waals surface area contributed by atoms with E-state index in [1.807, 2.05) is 12.1 Å². The summed E-state index contributed by atoms with van der Waals surface area (Å²) in [5.41, 5.74) is 3.45. The molecule has 1 aromatic rings. The number of amides is 1. The first-order valence-electron chi connectivity index (χ1n) is 6.93. The Morgan fingerprint density at radius 3 is 3.06 bits per heavy atom. The molecule has 1 aromatic carbocycles. The monoisotopic (exact) mass is 244 g/mol. The highest BCUT2D eigenvalue weighted by molar-refractivity contribution is 5.94. The molecule has 3 nitrogen and oxygen atoms in total. The van der Waals surface area contributed by atoms with Gasteiger partial charge >= 0.3 is 0 Å². The molecule has 0 atom stereocenters. The fourth-order valence-corrected chi connectivity index (χ4v) is 2.52. The summed E-state index contributed by atoms with van der Waals surface area (Å²) in [6.45, 7) is 2.75. The van der Waals surface area contributed by atoms with Crippen LogP contribution in [0, 0.1) is 5.92 Å². The molecule has 0 saturated heterocycles. The second-order valence-electron chi connectivity index (χ2n) is 5.40. The Balaban J connectivity index is 1.61. The summed E-state index contributed by atoms with van der Waals surface area (Å²) >= 11 is 0. The van der Waals surface area contributed by atoms with E-state index >= 15 is 0 Å². The van der Waals surface area contributed by atoms with Crippen LogP contribution in [0.5, 0.6) is 0 Å². The quantitative estimate of drug-likeness (QED) is 0.849. The Hall–Kier alpha value is -1.35. The van der Waals surface area contributed by atoms with Crippen molar-refractivity contribution < 1.29 is 4.79 Å². The van der Waals surface area contributed by atoms with Crippen LogP contribution in [0.2, 0.25) is 0 Å². The van der Waals surface area contributed by atoms with Crippen LogP contribution in [-0.2, 0) is 13.0 Å². The third-order valence-electron chi connectivity index (χ3n) is 3.89. The van der Waals surface area contributed by atoms with Gasteiger partial charge in [-0.2, -0.15) is 0 Å². The molecule has 1 aliphatic carbocycles. The molecule has 0 aromatic heterocycles. The maximum Gasteiger partial charge on any atom is 0.251 e. The molecule has 96 valence electrons. The zero-order valence-electron chi connectivity index (χ0n) is 10.7. The van der Waals surface area contributed by atoms with Crippen LogP contribution in [0.15, 0.2) is 18.2 Å². The van der Waals surface area contributed by atoms with Crippen molar-refractivity contribution in [3.63, 3.8) is 0 Å². The number of nitrogens with one attached hydrogen (secondary N) is 2. The fourth-order valence-electron chi connectivity index (χ4n) is 2.52. The average molecular weight is 244 g/mol. The summed E-state index contributed by atoms with van der Waals surface area (Å²) in [5.74, 6) is 0.946. The second-order valence-corrected chi connectivity index (χ2v) is 5.40. The zero-order chi connectivity index (χ0) is 12.4. The lowest BCUT2D eigenvalue weighted by molar-refractivity contribution is 0.0952. The van der Waals surface area contributed by atoms with E-state index in [1.165, 1.54) is 24.0 Å². The van der Waals surface area contributed by atoms with Gasteiger partial charge < -0.3 is 10.6 Å². The topological polar surface area (TPSA) is 41.1 Å². The molecule has 1 saturated carbocycles. The second kappa shape index (κ2) is 5.11. The van der Waals surface area contributed by atoms with Crippen LogP contribution in [0.1, 0.15) is 40.7 Å². The number of fused-ring (bicyclic) bond motifs is 1. The standard InChI is InChI=1S/C15H20N2O/c18-15(17-8-5-11-1-2-11)13-4-3-12-6-7-16-10-14(12)9-13/h3-4,9,11,16H,1-2,5-8,10H2,(H,17,18). The Morgan fingerprint density at radius 2 is 2.22 bits per heavy atom. The third-order valence-corrected chi connectivity index (χ3v) is 3.89. The number of hydrogen-bond acceptors (Lipinski definition) is 2. The maximum atomic E-state index is 12.0. The van der Waals surface area contributed by atoms with Crippen molar-refractivity contribution in [2.45, 2.75) is 32.2 Å². The van der Waals surface area contributed by atoms with Gasteiger partial charge in [0.05, 0.1) is 0 Å². The molecule has 0 spiro atoms. The summed E-state index contributed by atoms with van der Waals surface area (Å²) in [6.07, 6.45) is 4.90. The predicted molar refractivity (Wildman–Crippen MR) is 71.5 cm³/mol. The molecular formula is C15H20N2O. The van der Waals surface area contributed by atoms with Gasteiger partial charge in [-0.05, 0) is 48.6 Å². The lowest BCUT2D eigenvalue weighted by atomic mass is 9.98. The van der Waals surface area contributed by atoms with Crippen LogP contribution in [0.4, 0.5) is 0 Å². The SMILES string of the molecule is O=C(NCCC1CC1)c1ccc2c(c1)CNCC2. The van der Waals surface area contributed by atoms with Crippen molar-refractivity contribution in [3.05, 3.63) is 34.9 Å². The molecule has 1 aliphatic heterocycles. The molecule has 3 heteroatoms. The molecule has 18 heavy (non-hydrogen) atoms. The van der Waals surface area contributed by atoms with E-state index in [0.29, 0.717) is 0 Å². The molecule has 0 unspecified atom stereocenters. The van der Waals surface area contributed by atoms with Crippen molar-refractivity contribution in [1.29, 1.82) is 0 Å². The Labute approximate surface area is 108 Å². The third kappa shape index (κ3) is 2.72. The zero-order valence-corrected chi connectivity index (χ0v) is 10.7. The van der Waals surface area contributed by atoms with Crippen LogP contribution in [-0.4, -0.2) is 19.0 Å². The molecule has 0 radical (unpaired) electrons. The molecule has 0 bridgehead atoms. The Bertz CT molecular complexity index is 452. The van der Waals surface area contributed by atoms with Gasteiger partial charge in [0, 0.05) is 18.7 Å².